The van der Waals surface area contributed by atoms with Gasteiger partial charge in [0.05, 0.1) is 16.1 Å². The van der Waals surface area contributed by atoms with Crippen LogP contribution in [0.2, 0.25) is 0 Å². The molecule has 19 heavy (non-hydrogen) atoms. The Bertz CT molecular complexity index is 598. The number of thiophene rings is 1. The van der Waals surface area contributed by atoms with E-state index in [2.05, 4.69) is 15.3 Å². The highest BCUT2D eigenvalue weighted by molar-refractivity contribution is 7.17. The Kier molecular flexibility index (Phi) is 3.33. The van der Waals surface area contributed by atoms with Crippen molar-refractivity contribution in [1.29, 1.82) is 0 Å². The van der Waals surface area contributed by atoms with Crippen molar-refractivity contribution >= 4 is 33.3 Å². The van der Waals surface area contributed by atoms with Crippen LogP contribution in [0.3, 0.4) is 0 Å². The predicted molar refractivity (Wildman–Crippen MR) is 74.4 cm³/mol. The van der Waals surface area contributed by atoms with Crippen molar-refractivity contribution in [3.05, 3.63) is 17.8 Å². The second-order valence-electron chi connectivity index (χ2n) is 4.84. The second-order valence-corrected chi connectivity index (χ2v) is 5.75. The second kappa shape index (κ2) is 5.13. The van der Waals surface area contributed by atoms with Gasteiger partial charge in [-0.3, -0.25) is 4.79 Å². The lowest BCUT2D eigenvalue weighted by molar-refractivity contribution is -0.143. The fourth-order valence-electron chi connectivity index (χ4n) is 2.67. The third kappa shape index (κ3) is 2.40. The van der Waals surface area contributed by atoms with Crippen molar-refractivity contribution in [1.82, 2.24) is 9.97 Å². The number of nitrogens with one attached hydrogen (secondary N) is 1. The van der Waals surface area contributed by atoms with Crippen LogP contribution in [0.1, 0.15) is 25.7 Å². The fourth-order valence-corrected chi connectivity index (χ4v) is 3.46. The Hall–Kier alpha value is -1.69. The zero-order chi connectivity index (χ0) is 13.2. The number of nitrogens with zero attached hydrogens (tertiary/aromatic N) is 2. The SMILES string of the molecule is O=C(O)C1CCCCC1Nc1ncnc2ccsc12. The van der Waals surface area contributed by atoms with Gasteiger partial charge in [-0.25, -0.2) is 9.97 Å². The first-order valence-corrected chi connectivity index (χ1v) is 7.31. The van der Waals surface area contributed by atoms with Gasteiger partial charge in [-0.2, -0.15) is 0 Å². The van der Waals surface area contributed by atoms with Crippen LogP contribution in [0, 0.1) is 5.92 Å². The summed E-state index contributed by atoms with van der Waals surface area (Å²) in [6.07, 6.45) is 5.21. The van der Waals surface area contributed by atoms with Crippen LogP contribution in [0.5, 0.6) is 0 Å². The lowest BCUT2D eigenvalue weighted by Crippen LogP contribution is -2.37. The highest BCUT2D eigenvalue weighted by atomic mass is 32.1. The summed E-state index contributed by atoms with van der Waals surface area (Å²) in [5, 5.41) is 14.6. The molecule has 0 radical (unpaired) electrons. The summed E-state index contributed by atoms with van der Waals surface area (Å²) in [5.41, 5.74) is 0.908. The maximum absolute atomic E-state index is 11.3. The number of fused-ring (bicyclic) bond motifs is 1. The van der Waals surface area contributed by atoms with Crippen molar-refractivity contribution in [2.75, 3.05) is 5.32 Å². The summed E-state index contributed by atoms with van der Waals surface area (Å²) in [6, 6.07) is 1.91. The molecule has 0 saturated heterocycles. The van der Waals surface area contributed by atoms with Crippen LogP contribution in [0.25, 0.3) is 10.2 Å². The molecule has 0 spiro atoms. The molecule has 0 aromatic carbocycles. The fraction of sp³-hybridized carbons (Fsp3) is 0.462. The Labute approximate surface area is 114 Å². The van der Waals surface area contributed by atoms with E-state index in [1.807, 2.05) is 11.4 Å². The van der Waals surface area contributed by atoms with E-state index >= 15 is 0 Å². The van der Waals surface area contributed by atoms with E-state index in [0.29, 0.717) is 0 Å². The van der Waals surface area contributed by atoms with Crippen LogP contribution in [-0.2, 0) is 4.79 Å². The predicted octanol–water partition coefficient (Wildman–Crippen LogP) is 2.75. The molecule has 2 unspecified atom stereocenters. The van der Waals surface area contributed by atoms with E-state index in [9.17, 15) is 9.90 Å². The topological polar surface area (TPSA) is 75.1 Å². The van der Waals surface area contributed by atoms with Gasteiger partial charge in [0.1, 0.15) is 12.1 Å². The minimum absolute atomic E-state index is 0.0357. The van der Waals surface area contributed by atoms with Gasteiger partial charge in [0, 0.05) is 6.04 Å². The molecule has 1 aliphatic carbocycles. The normalized spacial score (nSPS) is 23.4. The third-order valence-corrected chi connectivity index (χ3v) is 4.56. The summed E-state index contributed by atoms with van der Waals surface area (Å²) in [6.45, 7) is 0. The summed E-state index contributed by atoms with van der Waals surface area (Å²) >= 11 is 1.58. The highest BCUT2D eigenvalue weighted by Gasteiger charge is 2.31. The van der Waals surface area contributed by atoms with Crippen molar-refractivity contribution in [2.24, 2.45) is 5.92 Å². The van der Waals surface area contributed by atoms with Crippen molar-refractivity contribution in [3.8, 4) is 0 Å². The van der Waals surface area contributed by atoms with Gasteiger partial charge in [-0.1, -0.05) is 12.8 Å². The molecule has 2 aromatic rings. The number of hydrogen-bond acceptors (Lipinski definition) is 5. The highest BCUT2D eigenvalue weighted by Crippen LogP contribution is 2.30. The quantitative estimate of drug-likeness (QED) is 0.902. The molecule has 2 atom stereocenters. The molecule has 100 valence electrons. The standard InChI is InChI=1S/C13H15N3O2S/c17-13(18)8-3-1-2-4-9(8)16-12-11-10(5-6-19-11)14-7-15-12/h5-9H,1-4H2,(H,17,18)(H,14,15,16). The van der Waals surface area contributed by atoms with Gasteiger partial charge in [0.2, 0.25) is 0 Å². The molecular weight excluding hydrogens is 262 g/mol. The molecule has 6 heteroatoms. The number of rotatable bonds is 3. The average Bonchev–Trinajstić information content (AvgIpc) is 2.88. The first kappa shape index (κ1) is 12.3. The van der Waals surface area contributed by atoms with Crippen molar-refractivity contribution in [2.45, 2.75) is 31.7 Å². The zero-order valence-corrected chi connectivity index (χ0v) is 11.2. The van der Waals surface area contributed by atoms with Gasteiger partial charge in [-0.15, -0.1) is 11.3 Å². The van der Waals surface area contributed by atoms with Gasteiger partial charge in [0.25, 0.3) is 0 Å². The van der Waals surface area contributed by atoms with E-state index in [-0.39, 0.29) is 12.0 Å². The summed E-state index contributed by atoms with van der Waals surface area (Å²) in [4.78, 5) is 19.8. The molecule has 1 fully saturated rings. The van der Waals surface area contributed by atoms with Crippen LogP contribution >= 0.6 is 11.3 Å². The lowest BCUT2D eigenvalue weighted by atomic mass is 9.84. The van der Waals surface area contributed by atoms with Crippen molar-refractivity contribution in [3.63, 3.8) is 0 Å². The van der Waals surface area contributed by atoms with E-state index in [1.54, 1.807) is 11.3 Å². The number of carbonyl (C=O) groups is 1. The molecule has 0 bridgehead atoms. The molecule has 3 rings (SSSR count). The minimum Gasteiger partial charge on any atom is -0.481 e. The zero-order valence-electron chi connectivity index (χ0n) is 10.4. The lowest BCUT2D eigenvalue weighted by Gasteiger charge is -2.29. The third-order valence-electron chi connectivity index (χ3n) is 3.65. The minimum atomic E-state index is -0.714. The first-order chi connectivity index (χ1) is 9.25. The number of hydrogen-bond donors (Lipinski definition) is 2. The van der Waals surface area contributed by atoms with E-state index in [4.69, 9.17) is 0 Å². The Balaban J connectivity index is 1.87. The Morgan fingerprint density at radius 3 is 3.05 bits per heavy atom. The number of anilines is 1. The molecule has 2 heterocycles. The summed E-state index contributed by atoms with van der Waals surface area (Å²) in [7, 11) is 0. The molecule has 1 aliphatic rings. The van der Waals surface area contributed by atoms with Crippen LogP contribution in [0.15, 0.2) is 17.8 Å². The first-order valence-electron chi connectivity index (χ1n) is 6.43. The van der Waals surface area contributed by atoms with Gasteiger partial charge in [-0.05, 0) is 24.3 Å². The maximum Gasteiger partial charge on any atom is 0.308 e. The molecule has 2 N–H and O–H groups in total. The van der Waals surface area contributed by atoms with Crippen molar-refractivity contribution < 1.29 is 9.90 Å². The van der Waals surface area contributed by atoms with Gasteiger partial charge < -0.3 is 10.4 Å². The number of aliphatic carboxylic acids is 1. The smallest absolute Gasteiger partial charge is 0.308 e. The van der Waals surface area contributed by atoms with Crippen LogP contribution < -0.4 is 5.32 Å². The van der Waals surface area contributed by atoms with E-state index < -0.39 is 5.97 Å². The average molecular weight is 277 g/mol. The molecule has 2 aromatic heterocycles. The van der Waals surface area contributed by atoms with Gasteiger partial charge >= 0.3 is 5.97 Å². The summed E-state index contributed by atoms with van der Waals surface area (Å²) < 4.78 is 0.997. The number of carboxylic acids is 1. The van der Waals surface area contributed by atoms with Gasteiger partial charge in [0.15, 0.2) is 0 Å². The number of carboxylic acid groups (broad SMARTS) is 1. The molecule has 0 amide bonds. The Morgan fingerprint density at radius 2 is 2.21 bits per heavy atom. The Morgan fingerprint density at radius 1 is 1.37 bits per heavy atom. The molecular formula is C13H15N3O2S. The summed E-state index contributed by atoms with van der Waals surface area (Å²) in [5.74, 6) is -0.273. The largest absolute Gasteiger partial charge is 0.481 e. The van der Waals surface area contributed by atoms with E-state index in [0.717, 1.165) is 41.7 Å². The number of aromatic nitrogens is 2. The van der Waals surface area contributed by atoms with Crippen LogP contribution in [-0.4, -0.2) is 27.1 Å². The molecule has 1 saturated carbocycles. The van der Waals surface area contributed by atoms with E-state index in [1.165, 1.54) is 6.33 Å². The maximum atomic E-state index is 11.3. The van der Waals surface area contributed by atoms with Crippen LogP contribution in [0.4, 0.5) is 5.82 Å². The monoisotopic (exact) mass is 277 g/mol. The molecule has 0 aliphatic heterocycles. The molecule has 5 nitrogen and oxygen atoms in total.